The van der Waals surface area contributed by atoms with Gasteiger partial charge < -0.3 is 29.6 Å². The van der Waals surface area contributed by atoms with Crippen molar-refractivity contribution in [1.82, 2.24) is 25.4 Å². The van der Waals surface area contributed by atoms with E-state index in [2.05, 4.69) is 45.0 Å². The highest BCUT2D eigenvalue weighted by molar-refractivity contribution is 7.80. The summed E-state index contributed by atoms with van der Waals surface area (Å²) in [6.07, 6.45) is 4.86. The Bertz CT molecular complexity index is 916. The summed E-state index contributed by atoms with van der Waals surface area (Å²) in [7, 11) is 1.67. The van der Waals surface area contributed by atoms with Crippen LogP contribution in [0, 0.1) is 13.8 Å². The fourth-order valence-corrected chi connectivity index (χ4v) is 4.10. The fraction of sp³-hybridized carbons (Fsp3) is 0.615. The first kappa shape index (κ1) is 27.5. The minimum atomic E-state index is -0.146. The Morgan fingerprint density at radius 1 is 1.17 bits per heavy atom. The smallest absolute Gasteiger partial charge is 0.273 e. The number of rotatable bonds is 10. The molecule has 0 radical (unpaired) electrons. The summed E-state index contributed by atoms with van der Waals surface area (Å²) in [6.45, 7) is 14.3. The van der Waals surface area contributed by atoms with Gasteiger partial charge in [0.1, 0.15) is 12.0 Å². The number of oxazole rings is 1. The molecule has 1 aromatic carbocycles. The number of hydrogen-bond donors (Lipinski definition) is 3. The SMILES string of the molecule is CCN1CCN(CCCNC(=O)c2coc(CNC3CC3)n2)CC1.COc1cc(C)c(S)c(C)c1. The van der Waals surface area contributed by atoms with Crippen LogP contribution in [0.1, 0.15) is 53.7 Å². The number of hydrogen-bond acceptors (Lipinski definition) is 8. The van der Waals surface area contributed by atoms with Crippen LogP contribution in [0.3, 0.4) is 0 Å². The van der Waals surface area contributed by atoms with E-state index in [0.717, 1.165) is 67.5 Å². The van der Waals surface area contributed by atoms with E-state index in [-0.39, 0.29) is 5.91 Å². The van der Waals surface area contributed by atoms with Crippen molar-refractivity contribution in [2.45, 2.75) is 57.5 Å². The van der Waals surface area contributed by atoms with Crippen LogP contribution in [0.5, 0.6) is 5.75 Å². The Hall–Kier alpha value is -2.07. The number of carbonyl (C=O) groups excluding carboxylic acids is 1. The Morgan fingerprint density at radius 2 is 1.83 bits per heavy atom. The fourth-order valence-electron chi connectivity index (χ4n) is 3.97. The minimum Gasteiger partial charge on any atom is -0.497 e. The van der Waals surface area contributed by atoms with E-state index in [1.54, 1.807) is 7.11 Å². The first-order valence-electron chi connectivity index (χ1n) is 12.6. The minimum absolute atomic E-state index is 0.146. The van der Waals surface area contributed by atoms with E-state index in [1.807, 2.05) is 26.0 Å². The lowest BCUT2D eigenvalue weighted by Crippen LogP contribution is -2.46. The number of aryl methyl sites for hydroxylation is 2. The van der Waals surface area contributed by atoms with Crippen molar-refractivity contribution >= 4 is 18.5 Å². The van der Waals surface area contributed by atoms with Gasteiger partial charge in [0.25, 0.3) is 5.91 Å². The first-order chi connectivity index (χ1) is 16.9. The van der Waals surface area contributed by atoms with E-state index in [0.29, 0.717) is 30.7 Å². The molecule has 0 unspecified atom stereocenters. The van der Waals surface area contributed by atoms with Gasteiger partial charge in [-0.2, -0.15) is 0 Å². The normalized spacial score (nSPS) is 16.5. The third-order valence-electron chi connectivity index (χ3n) is 6.45. The zero-order valence-electron chi connectivity index (χ0n) is 21.6. The lowest BCUT2D eigenvalue weighted by atomic mass is 10.1. The van der Waals surface area contributed by atoms with Crippen LogP contribution in [0.25, 0.3) is 0 Å². The Labute approximate surface area is 215 Å². The molecular formula is C26H41N5O3S. The molecule has 1 aliphatic carbocycles. The second-order valence-corrected chi connectivity index (χ2v) is 9.72. The molecule has 1 aliphatic heterocycles. The molecule has 1 saturated heterocycles. The van der Waals surface area contributed by atoms with Crippen molar-refractivity contribution in [3.8, 4) is 5.75 Å². The van der Waals surface area contributed by atoms with Crippen molar-refractivity contribution in [3.05, 3.63) is 41.1 Å². The zero-order valence-corrected chi connectivity index (χ0v) is 22.5. The number of nitrogens with zero attached hydrogens (tertiary/aromatic N) is 3. The molecule has 1 aromatic heterocycles. The lowest BCUT2D eigenvalue weighted by molar-refractivity contribution is 0.0943. The van der Waals surface area contributed by atoms with Crippen molar-refractivity contribution in [3.63, 3.8) is 0 Å². The molecule has 0 atom stereocenters. The van der Waals surface area contributed by atoms with Crippen LogP contribution in [-0.4, -0.2) is 79.7 Å². The summed E-state index contributed by atoms with van der Waals surface area (Å²) in [5.41, 5.74) is 2.69. The summed E-state index contributed by atoms with van der Waals surface area (Å²) in [5.74, 6) is 1.34. The number of nitrogens with one attached hydrogen (secondary N) is 2. The number of piperazine rings is 1. The molecule has 2 heterocycles. The molecule has 1 saturated carbocycles. The molecule has 2 aromatic rings. The molecule has 2 fully saturated rings. The Morgan fingerprint density at radius 3 is 2.43 bits per heavy atom. The number of benzene rings is 1. The zero-order chi connectivity index (χ0) is 25.2. The molecule has 4 rings (SSSR count). The Kier molecular flexibility index (Phi) is 10.9. The maximum absolute atomic E-state index is 12.1. The quantitative estimate of drug-likeness (QED) is 0.339. The summed E-state index contributed by atoms with van der Waals surface area (Å²) in [5, 5.41) is 6.25. The number of thiol groups is 1. The maximum atomic E-state index is 12.1. The highest BCUT2D eigenvalue weighted by Gasteiger charge is 2.21. The van der Waals surface area contributed by atoms with E-state index in [4.69, 9.17) is 9.15 Å². The standard InChI is InChI=1S/C17H29N5O2.C9H12OS/c1-2-21-8-10-22(11-9-21)7-3-6-18-17(23)15-13-24-16(20-15)12-19-14-4-5-14;1-6-4-8(10-3)5-7(2)9(6)11/h13-14,19H,2-12H2,1H3,(H,18,23);4-5,11H,1-3H3. The van der Waals surface area contributed by atoms with Crippen LogP contribution in [0.15, 0.2) is 27.7 Å². The van der Waals surface area contributed by atoms with Gasteiger partial charge in [-0.05, 0) is 69.5 Å². The number of aromatic nitrogens is 1. The predicted molar refractivity (Wildman–Crippen MR) is 142 cm³/mol. The van der Waals surface area contributed by atoms with Gasteiger partial charge in [-0.3, -0.25) is 4.79 Å². The summed E-state index contributed by atoms with van der Waals surface area (Å²) in [4.78, 5) is 22.3. The number of methoxy groups -OCH3 is 1. The third kappa shape index (κ3) is 9.14. The molecule has 8 nitrogen and oxygen atoms in total. The number of likely N-dealkylation sites (N-methyl/N-ethyl adjacent to an activating group) is 1. The van der Waals surface area contributed by atoms with Crippen LogP contribution in [0.4, 0.5) is 0 Å². The van der Waals surface area contributed by atoms with E-state index < -0.39 is 0 Å². The third-order valence-corrected chi connectivity index (χ3v) is 7.16. The number of carbonyl (C=O) groups is 1. The molecular weight excluding hydrogens is 462 g/mol. The van der Waals surface area contributed by atoms with Gasteiger partial charge >= 0.3 is 0 Å². The summed E-state index contributed by atoms with van der Waals surface area (Å²) >= 11 is 4.34. The topological polar surface area (TPSA) is 82.9 Å². The molecule has 2 N–H and O–H groups in total. The van der Waals surface area contributed by atoms with Gasteiger partial charge in [0.2, 0.25) is 5.89 Å². The lowest BCUT2D eigenvalue weighted by Gasteiger charge is -2.33. The molecule has 1 amide bonds. The van der Waals surface area contributed by atoms with Crippen LogP contribution >= 0.6 is 12.6 Å². The molecule has 2 aliphatic rings. The van der Waals surface area contributed by atoms with Crippen molar-refractivity contribution in [2.75, 3.05) is 52.9 Å². The second kappa shape index (κ2) is 13.9. The largest absolute Gasteiger partial charge is 0.497 e. The van der Waals surface area contributed by atoms with Crippen LogP contribution in [0.2, 0.25) is 0 Å². The summed E-state index contributed by atoms with van der Waals surface area (Å²) < 4.78 is 10.4. The van der Waals surface area contributed by atoms with Crippen molar-refractivity contribution < 1.29 is 13.9 Å². The van der Waals surface area contributed by atoms with Crippen LogP contribution < -0.4 is 15.4 Å². The first-order valence-corrected chi connectivity index (χ1v) is 13.1. The summed E-state index contributed by atoms with van der Waals surface area (Å²) in [6, 6.07) is 4.57. The van der Waals surface area contributed by atoms with E-state index in [1.165, 1.54) is 19.1 Å². The van der Waals surface area contributed by atoms with Gasteiger partial charge in [0.05, 0.1) is 13.7 Å². The highest BCUT2D eigenvalue weighted by Crippen LogP contribution is 2.24. The molecule has 194 valence electrons. The molecule has 9 heteroatoms. The van der Waals surface area contributed by atoms with E-state index >= 15 is 0 Å². The van der Waals surface area contributed by atoms with Crippen molar-refractivity contribution in [1.29, 1.82) is 0 Å². The van der Waals surface area contributed by atoms with E-state index in [9.17, 15) is 4.79 Å². The van der Waals surface area contributed by atoms with Gasteiger partial charge in [-0.25, -0.2) is 4.98 Å². The van der Waals surface area contributed by atoms with Gasteiger partial charge in [-0.1, -0.05) is 6.92 Å². The monoisotopic (exact) mass is 503 g/mol. The average Bonchev–Trinajstić information content (AvgIpc) is 3.59. The predicted octanol–water partition coefficient (Wildman–Crippen LogP) is 3.28. The van der Waals surface area contributed by atoms with Gasteiger partial charge in [-0.15, -0.1) is 12.6 Å². The molecule has 35 heavy (non-hydrogen) atoms. The molecule has 0 spiro atoms. The number of amides is 1. The van der Waals surface area contributed by atoms with Gasteiger partial charge in [0, 0.05) is 43.7 Å². The van der Waals surface area contributed by atoms with Crippen molar-refractivity contribution in [2.24, 2.45) is 0 Å². The highest BCUT2D eigenvalue weighted by atomic mass is 32.1. The Balaban J connectivity index is 0.000000261. The second-order valence-electron chi connectivity index (χ2n) is 9.28. The number of ether oxygens (including phenoxy) is 1. The maximum Gasteiger partial charge on any atom is 0.273 e. The average molecular weight is 504 g/mol. The van der Waals surface area contributed by atoms with Gasteiger partial charge in [0.15, 0.2) is 5.69 Å². The molecule has 0 bridgehead atoms. The van der Waals surface area contributed by atoms with Crippen LogP contribution in [-0.2, 0) is 6.54 Å².